The number of hydrogen-bond acceptors (Lipinski definition) is 6. The van der Waals surface area contributed by atoms with E-state index in [-0.39, 0.29) is 16.8 Å². The van der Waals surface area contributed by atoms with Crippen LogP contribution in [0.2, 0.25) is 5.04 Å². The topological polar surface area (TPSA) is 98.9 Å². The van der Waals surface area contributed by atoms with E-state index < -0.39 is 30.4 Å². The molecule has 1 aliphatic rings. The Hall–Kier alpha value is -4.51. The van der Waals surface area contributed by atoms with Gasteiger partial charge >= 0.3 is 5.97 Å². The Balaban J connectivity index is 1.33. The second kappa shape index (κ2) is 14.4. The number of carboxylic acids is 1. The van der Waals surface area contributed by atoms with Crippen LogP contribution in [-0.4, -0.2) is 44.6 Å². The zero-order chi connectivity index (χ0) is 37.5. The van der Waals surface area contributed by atoms with Crippen LogP contribution in [-0.2, 0) is 22.3 Å². The van der Waals surface area contributed by atoms with E-state index in [9.17, 15) is 14.5 Å². The van der Waals surface area contributed by atoms with Crippen LogP contribution in [0.3, 0.4) is 0 Å². The van der Waals surface area contributed by atoms with Crippen LogP contribution in [0.5, 0.6) is 0 Å². The number of benzene rings is 4. The third-order valence-corrected chi connectivity index (χ3v) is 17.0. The summed E-state index contributed by atoms with van der Waals surface area (Å²) in [6.07, 6.45) is 0.531. The first-order valence-electron chi connectivity index (χ1n) is 18.1. The molecule has 1 N–H and O–H groups in total. The number of nitrogens with zero attached hydrogens (tertiary/aromatic N) is 2. The van der Waals surface area contributed by atoms with Crippen LogP contribution in [0.25, 0.3) is 33.6 Å². The number of para-hydroxylation sites is 1. The van der Waals surface area contributed by atoms with E-state index in [4.69, 9.17) is 13.8 Å². The van der Waals surface area contributed by atoms with Crippen LogP contribution < -0.4 is 10.4 Å². The molecule has 2 aromatic heterocycles. The minimum atomic E-state index is -2.86. The maximum atomic E-state index is 14.4. The second-order valence-corrected chi connectivity index (χ2v) is 22.2. The molecule has 9 heteroatoms. The maximum Gasteiger partial charge on any atom is 0.354 e. The van der Waals surface area contributed by atoms with Crippen molar-refractivity contribution in [1.29, 1.82) is 0 Å². The minimum Gasteiger partial charge on any atom is -0.597 e. The molecule has 1 aliphatic heterocycles. The lowest BCUT2D eigenvalue weighted by molar-refractivity contribution is 0.0690. The average Bonchev–Trinajstić information content (AvgIpc) is 3.74. The molecule has 7 rings (SSSR count). The molecule has 0 aliphatic carbocycles. The highest BCUT2D eigenvalue weighted by molar-refractivity contribution is 7.90. The van der Waals surface area contributed by atoms with E-state index in [0.29, 0.717) is 31.0 Å². The fourth-order valence-corrected chi connectivity index (χ4v) is 13.7. The summed E-state index contributed by atoms with van der Waals surface area (Å²) in [4.78, 5) is 17.3. The molecule has 53 heavy (non-hydrogen) atoms. The minimum absolute atomic E-state index is 0.0430. The summed E-state index contributed by atoms with van der Waals surface area (Å²) < 4.78 is 29.4. The molecule has 0 saturated heterocycles. The van der Waals surface area contributed by atoms with Crippen molar-refractivity contribution < 1.29 is 23.3 Å². The Labute approximate surface area is 316 Å². The van der Waals surface area contributed by atoms with Crippen molar-refractivity contribution in [2.45, 2.75) is 70.3 Å². The van der Waals surface area contributed by atoms with E-state index in [1.165, 1.54) is 10.4 Å². The zero-order valence-electron chi connectivity index (χ0n) is 31.1. The van der Waals surface area contributed by atoms with Gasteiger partial charge in [-0.25, -0.2) is 9.78 Å². The molecule has 6 aromatic rings. The summed E-state index contributed by atoms with van der Waals surface area (Å²) in [5.41, 5.74) is 4.65. The normalized spacial score (nSPS) is 15.8. The molecule has 2 atom stereocenters. The van der Waals surface area contributed by atoms with Crippen LogP contribution in [0.15, 0.2) is 126 Å². The van der Waals surface area contributed by atoms with Crippen molar-refractivity contribution >= 4 is 47.0 Å². The number of hydrogen-bond donors (Lipinski definition) is 1. The van der Waals surface area contributed by atoms with Crippen molar-refractivity contribution in [2.75, 3.05) is 6.61 Å². The van der Waals surface area contributed by atoms with Gasteiger partial charge < -0.3 is 18.5 Å². The highest BCUT2D eigenvalue weighted by Gasteiger charge is 2.51. The van der Waals surface area contributed by atoms with Crippen molar-refractivity contribution in [3.8, 4) is 22.6 Å². The molecule has 3 heterocycles. The van der Waals surface area contributed by atoms with Crippen molar-refractivity contribution in [3.05, 3.63) is 138 Å². The number of carbonyl (C=O) groups is 1. The predicted molar refractivity (Wildman–Crippen MR) is 216 cm³/mol. The Morgan fingerprint density at radius 1 is 0.868 bits per heavy atom. The third kappa shape index (κ3) is 7.00. The number of carboxylic acid groups (broad SMARTS) is 1. The molecule has 0 saturated carbocycles. The first-order valence-corrected chi connectivity index (χ1v) is 21.1. The number of pyridine rings is 1. The van der Waals surface area contributed by atoms with Gasteiger partial charge in [-0.3, -0.25) is 0 Å². The Morgan fingerprint density at radius 3 is 2.09 bits per heavy atom. The molecule has 2 unspecified atom stereocenters. The Bertz CT molecular complexity index is 2170. The third-order valence-electron chi connectivity index (χ3n) is 10.1. The molecule has 0 fully saturated rings. The molecule has 0 radical (unpaired) electrons. The maximum absolute atomic E-state index is 14.4. The molecule has 7 nitrogen and oxygen atoms in total. The molecule has 0 spiro atoms. The number of fused-ring (bicyclic) bond motifs is 2. The number of aromatic nitrogens is 1. The second-order valence-electron chi connectivity index (χ2n) is 15.7. The van der Waals surface area contributed by atoms with Crippen LogP contribution >= 0.6 is 0 Å². The quantitative estimate of drug-likeness (QED) is 0.110. The van der Waals surface area contributed by atoms with Gasteiger partial charge in [0.1, 0.15) is 21.8 Å². The number of aromatic carboxylic acids is 1. The largest absolute Gasteiger partial charge is 0.597 e. The van der Waals surface area contributed by atoms with Crippen LogP contribution in [0.1, 0.15) is 75.6 Å². The smallest absolute Gasteiger partial charge is 0.354 e. The van der Waals surface area contributed by atoms with Crippen molar-refractivity contribution in [1.82, 2.24) is 9.29 Å². The summed E-state index contributed by atoms with van der Waals surface area (Å²) in [5.74, 6) is -0.394. The van der Waals surface area contributed by atoms with E-state index in [0.717, 1.165) is 33.2 Å². The first-order chi connectivity index (χ1) is 25.3. The summed E-state index contributed by atoms with van der Waals surface area (Å²) >= 11 is -1.41. The van der Waals surface area contributed by atoms with Crippen LogP contribution in [0, 0.1) is 0 Å². The highest BCUT2D eigenvalue weighted by atomic mass is 32.2. The van der Waals surface area contributed by atoms with Gasteiger partial charge in [0, 0.05) is 40.0 Å². The lowest BCUT2D eigenvalue weighted by Crippen LogP contribution is -2.66. The molecule has 0 amide bonds. The van der Waals surface area contributed by atoms with Gasteiger partial charge in [-0.15, -0.1) is 4.31 Å². The van der Waals surface area contributed by atoms with E-state index in [1.807, 2.05) is 91.8 Å². The van der Waals surface area contributed by atoms with Crippen LogP contribution in [0.4, 0.5) is 0 Å². The fourth-order valence-electron chi connectivity index (χ4n) is 7.71. The van der Waals surface area contributed by atoms with Gasteiger partial charge in [0.25, 0.3) is 8.32 Å². The molecule has 4 aromatic carbocycles. The molecule has 0 bridgehead atoms. The van der Waals surface area contributed by atoms with Crippen molar-refractivity contribution in [3.63, 3.8) is 0 Å². The average molecular weight is 743 g/mol. The molecule has 272 valence electrons. The monoisotopic (exact) mass is 742 g/mol. The SMILES string of the molecule is CC(C)(C)[S+]([O-])N1Cc2cc(C(=O)O)nc(-c3cccc(-c4cc5ccccc5o4)c3)c2C1CCO[Si](c1ccccc1)(c1ccccc1)C(C)(C)C. The van der Waals surface area contributed by atoms with E-state index in [1.54, 1.807) is 6.07 Å². The summed E-state index contributed by atoms with van der Waals surface area (Å²) in [7, 11) is -2.86. The number of rotatable bonds is 10. The molecular formula is C44H46N2O5SSi. The highest BCUT2D eigenvalue weighted by Crippen LogP contribution is 2.46. The van der Waals surface area contributed by atoms with E-state index >= 15 is 0 Å². The molecular weight excluding hydrogens is 697 g/mol. The van der Waals surface area contributed by atoms with Gasteiger partial charge in [0.2, 0.25) is 0 Å². The number of furan rings is 1. The van der Waals surface area contributed by atoms with Gasteiger partial charge in [-0.2, -0.15) is 0 Å². The van der Waals surface area contributed by atoms with Gasteiger partial charge in [-0.05, 0) is 72.4 Å². The standard InChI is InChI=1S/C44H46N2O5SSi/c1-43(2,3)52(49)46-29-33-27-36(42(47)48)45-41(32-18-15-17-30(26-32)39-28-31-16-13-14-23-38(31)51-39)40(33)37(46)24-25-50-53(44(4,5)6,34-19-9-7-10-20-34)35-21-11-8-12-22-35/h7-23,26-28,37H,24-25,29H2,1-6H3,(H,47,48). The fraction of sp³-hybridized carbons (Fsp3) is 0.273. The van der Waals surface area contributed by atoms with Crippen molar-refractivity contribution in [2.24, 2.45) is 0 Å². The lowest BCUT2D eigenvalue weighted by atomic mass is 9.95. The Morgan fingerprint density at radius 2 is 1.49 bits per heavy atom. The predicted octanol–water partition coefficient (Wildman–Crippen LogP) is 9.15. The first kappa shape index (κ1) is 36.8. The van der Waals surface area contributed by atoms with E-state index in [2.05, 4.69) is 69.3 Å². The zero-order valence-corrected chi connectivity index (χ0v) is 32.9. The van der Waals surface area contributed by atoms with Gasteiger partial charge in [0.15, 0.2) is 0 Å². The van der Waals surface area contributed by atoms with Gasteiger partial charge in [0.05, 0.1) is 18.3 Å². The summed E-state index contributed by atoms with van der Waals surface area (Å²) in [6.45, 7) is 13.4. The summed E-state index contributed by atoms with van der Waals surface area (Å²) in [6, 6.07) is 40.2. The Kier molecular flexibility index (Phi) is 9.99. The lowest BCUT2D eigenvalue weighted by Gasteiger charge is -2.43. The van der Waals surface area contributed by atoms with Gasteiger partial charge in [-0.1, -0.05) is 118 Å². The summed E-state index contributed by atoms with van der Waals surface area (Å²) in [5, 5.41) is 13.4.